The van der Waals surface area contributed by atoms with Crippen molar-refractivity contribution in [3.63, 3.8) is 0 Å². The number of aromatic nitrogens is 1. The number of carbonyl (C=O) groups is 1. The van der Waals surface area contributed by atoms with Crippen molar-refractivity contribution in [1.82, 2.24) is 10.5 Å². The second-order valence-electron chi connectivity index (χ2n) is 6.34. The summed E-state index contributed by atoms with van der Waals surface area (Å²) in [6.45, 7) is 2.02. The van der Waals surface area contributed by atoms with Gasteiger partial charge in [-0.15, -0.1) is 0 Å². The van der Waals surface area contributed by atoms with Crippen LogP contribution < -0.4 is 11.1 Å². The Morgan fingerprint density at radius 2 is 2.00 bits per heavy atom. The summed E-state index contributed by atoms with van der Waals surface area (Å²) >= 11 is 0. The molecule has 3 N–H and O–H groups in total. The number of alkyl halides is 3. The molecule has 154 valence electrons. The molecule has 3 aromatic rings. The topological polar surface area (TPSA) is 104 Å². The number of hydrogen-bond donors (Lipinski definition) is 2. The molecule has 1 unspecified atom stereocenters. The number of hydrogen-bond acceptors (Lipinski definition) is 6. The second kappa shape index (κ2) is 8.00. The lowest BCUT2D eigenvalue weighted by atomic mass is 10.1. The van der Waals surface area contributed by atoms with E-state index in [1.165, 1.54) is 31.4 Å². The van der Waals surface area contributed by atoms with Gasteiger partial charge >= 0.3 is 6.18 Å². The first kappa shape index (κ1) is 20.5. The largest absolute Gasteiger partial charge is 0.454 e. The van der Waals surface area contributed by atoms with E-state index in [9.17, 15) is 18.0 Å². The van der Waals surface area contributed by atoms with Gasteiger partial charge in [-0.2, -0.15) is 13.2 Å². The van der Waals surface area contributed by atoms with E-state index in [1.54, 1.807) is 6.92 Å². The Labute approximate surface area is 163 Å². The zero-order valence-electron chi connectivity index (χ0n) is 15.5. The summed E-state index contributed by atoms with van der Waals surface area (Å²) in [7, 11) is 1.50. The fraction of sp³-hybridized carbons (Fsp3) is 0.263. The van der Waals surface area contributed by atoms with E-state index in [4.69, 9.17) is 19.4 Å². The maximum absolute atomic E-state index is 12.9. The average molecular weight is 409 g/mol. The number of nitrogens with zero attached hydrogens (tertiary/aromatic N) is 1. The van der Waals surface area contributed by atoms with Crippen LogP contribution in [0.25, 0.3) is 22.8 Å². The molecule has 29 heavy (non-hydrogen) atoms. The van der Waals surface area contributed by atoms with Crippen molar-refractivity contribution in [2.45, 2.75) is 19.1 Å². The Morgan fingerprint density at radius 1 is 1.28 bits per heavy atom. The SMILES string of the molecule is COCC(C)NC(=O)c1c(-c2ccc(-c3cccc(C(F)(F)F)c3)o2)noc1N. The highest BCUT2D eigenvalue weighted by Crippen LogP contribution is 2.35. The minimum atomic E-state index is -4.48. The van der Waals surface area contributed by atoms with Crippen LogP contribution in [0.2, 0.25) is 0 Å². The highest BCUT2D eigenvalue weighted by Gasteiger charge is 2.31. The van der Waals surface area contributed by atoms with Crippen LogP contribution in [-0.2, 0) is 10.9 Å². The molecule has 1 aromatic carbocycles. The first-order valence-electron chi connectivity index (χ1n) is 8.53. The van der Waals surface area contributed by atoms with Crippen LogP contribution in [0.5, 0.6) is 0 Å². The van der Waals surface area contributed by atoms with Crippen molar-refractivity contribution in [1.29, 1.82) is 0 Å². The van der Waals surface area contributed by atoms with E-state index in [-0.39, 0.29) is 46.9 Å². The molecule has 0 aliphatic rings. The van der Waals surface area contributed by atoms with Crippen LogP contribution >= 0.6 is 0 Å². The van der Waals surface area contributed by atoms with E-state index >= 15 is 0 Å². The Morgan fingerprint density at radius 3 is 2.69 bits per heavy atom. The Bertz CT molecular complexity index is 1010. The number of nitrogens with two attached hydrogens (primary N) is 1. The van der Waals surface area contributed by atoms with E-state index in [1.807, 2.05) is 0 Å². The van der Waals surface area contributed by atoms with Gasteiger partial charge in [0.05, 0.1) is 12.2 Å². The first-order chi connectivity index (χ1) is 13.7. The number of benzene rings is 1. The predicted molar refractivity (Wildman–Crippen MR) is 97.9 cm³/mol. The number of carbonyl (C=O) groups excluding carboxylic acids is 1. The molecule has 0 fully saturated rings. The molecule has 0 saturated carbocycles. The molecule has 0 aliphatic carbocycles. The predicted octanol–water partition coefficient (Wildman–Crippen LogP) is 3.97. The summed E-state index contributed by atoms with van der Waals surface area (Å²) in [5.41, 5.74) is 5.17. The van der Waals surface area contributed by atoms with Crippen molar-refractivity contribution in [2.24, 2.45) is 0 Å². The number of rotatable bonds is 6. The number of nitrogens with one attached hydrogen (secondary N) is 1. The summed E-state index contributed by atoms with van der Waals surface area (Å²) < 4.78 is 54.3. The fourth-order valence-corrected chi connectivity index (χ4v) is 2.75. The normalized spacial score (nSPS) is 12.7. The van der Waals surface area contributed by atoms with Gasteiger partial charge in [0, 0.05) is 18.7 Å². The zero-order chi connectivity index (χ0) is 21.2. The number of furan rings is 1. The van der Waals surface area contributed by atoms with Gasteiger partial charge in [-0.05, 0) is 31.2 Å². The molecule has 0 radical (unpaired) electrons. The third-order valence-corrected chi connectivity index (χ3v) is 4.05. The van der Waals surface area contributed by atoms with Crippen LogP contribution in [-0.4, -0.2) is 30.8 Å². The smallest absolute Gasteiger partial charge is 0.416 e. The lowest BCUT2D eigenvalue weighted by Crippen LogP contribution is -2.36. The molecule has 0 aliphatic heterocycles. The van der Waals surface area contributed by atoms with Gasteiger partial charge < -0.3 is 24.7 Å². The molecule has 1 atom stereocenters. The van der Waals surface area contributed by atoms with Crippen molar-refractivity contribution in [3.05, 3.63) is 47.5 Å². The molecular weight excluding hydrogens is 391 g/mol. The van der Waals surface area contributed by atoms with Crippen molar-refractivity contribution >= 4 is 11.8 Å². The zero-order valence-corrected chi connectivity index (χ0v) is 15.5. The van der Waals surface area contributed by atoms with E-state index < -0.39 is 17.6 Å². The number of methoxy groups -OCH3 is 1. The summed E-state index contributed by atoms with van der Waals surface area (Å²) in [6.07, 6.45) is -4.48. The maximum atomic E-state index is 12.9. The van der Waals surface area contributed by atoms with Crippen molar-refractivity contribution < 1.29 is 31.6 Å². The van der Waals surface area contributed by atoms with Gasteiger partial charge in [-0.25, -0.2) is 0 Å². The monoisotopic (exact) mass is 409 g/mol. The van der Waals surface area contributed by atoms with Crippen molar-refractivity contribution in [3.8, 4) is 22.8 Å². The van der Waals surface area contributed by atoms with Gasteiger partial charge in [0.1, 0.15) is 11.3 Å². The van der Waals surface area contributed by atoms with Crippen LogP contribution in [0.4, 0.5) is 19.1 Å². The van der Waals surface area contributed by atoms with Crippen LogP contribution in [0.15, 0.2) is 45.3 Å². The molecule has 7 nitrogen and oxygen atoms in total. The van der Waals surface area contributed by atoms with Gasteiger partial charge in [0.15, 0.2) is 11.5 Å². The van der Waals surface area contributed by atoms with Crippen LogP contribution in [0, 0.1) is 0 Å². The lowest BCUT2D eigenvalue weighted by molar-refractivity contribution is -0.137. The quantitative estimate of drug-likeness (QED) is 0.639. The average Bonchev–Trinajstić information content (AvgIpc) is 3.28. The van der Waals surface area contributed by atoms with Gasteiger partial charge in [0.25, 0.3) is 5.91 Å². The third-order valence-electron chi connectivity index (χ3n) is 4.05. The third kappa shape index (κ3) is 4.43. The number of ether oxygens (including phenoxy) is 1. The Balaban J connectivity index is 1.91. The second-order valence-corrected chi connectivity index (χ2v) is 6.34. The number of anilines is 1. The van der Waals surface area contributed by atoms with Gasteiger partial charge in [0.2, 0.25) is 5.88 Å². The van der Waals surface area contributed by atoms with E-state index in [0.717, 1.165) is 12.1 Å². The Hall–Kier alpha value is -3.27. The van der Waals surface area contributed by atoms with E-state index in [0.29, 0.717) is 0 Å². The Kier molecular flexibility index (Phi) is 5.64. The summed E-state index contributed by atoms with van der Waals surface area (Å²) in [4.78, 5) is 12.5. The molecule has 0 saturated heterocycles. The molecule has 2 aromatic heterocycles. The molecule has 1 amide bonds. The highest BCUT2D eigenvalue weighted by atomic mass is 19.4. The van der Waals surface area contributed by atoms with E-state index in [2.05, 4.69) is 10.5 Å². The number of amides is 1. The summed E-state index contributed by atoms with van der Waals surface area (Å²) in [5, 5.41) is 6.44. The molecule has 0 bridgehead atoms. The summed E-state index contributed by atoms with van der Waals surface area (Å²) in [5.74, 6) is -0.450. The van der Waals surface area contributed by atoms with Gasteiger partial charge in [-0.1, -0.05) is 17.3 Å². The maximum Gasteiger partial charge on any atom is 0.416 e. The van der Waals surface area contributed by atoms with Crippen LogP contribution in [0.3, 0.4) is 0 Å². The molecule has 10 heteroatoms. The standard InChI is InChI=1S/C19H18F3N3O4/c1-10(9-27-2)24-18(26)15-16(25-29-17(15)23)14-7-6-13(28-14)11-4-3-5-12(8-11)19(20,21)22/h3-8,10H,9,23H2,1-2H3,(H,24,26). The minimum Gasteiger partial charge on any atom is -0.454 e. The molecular formula is C19H18F3N3O4. The summed E-state index contributed by atoms with van der Waals surface area (Å²) in [6, 6.07) is 7.36. The molecule has 3 rings (SSSR count). The molecule has 2 heterocycles. The fourth-order valence-electron chi connectivity index (χ4n) is 2.75. The number of nitrogen functional groups attached to an aromatic ring is 1. The number of halogens is 3. The van der Waals surface area contributed by atoms with Crippen molar-refractivity contribution in [2.75, 3.05) is 19.5 Å². The highest BCUT2D eigenvalue weighted by molar-refractivity contribution is 6.03. The first-order valence-corrected chi connectivity index (χ1v) is 8.53. The van der Waals surface area contributed by atoms with Gasteiger partial charge in [-0.3, -0.25) is 4.79 Å². The minimum absolute atomic E-state index is 0.0297. The van der Waals surface area contributed by atoms with Crippen LogP contribution in [0.1, 0.15) is 22.8 Å². The lowest BCUT2D eigenvalue weighted by Gasteiger charge is -2.12. The molecule has 0 spiro atoms.